The van der Waals surface area contributed by atoms with Crippen molar-refractivity contribution in [2.75, 3.05) is 5.73 Å². The molecular formula is C13H14BrN3O. The first-order valence-electron chi connectivity index (χ1n) is 5.75. The molecule has 0 aliphatic carbocycles. The van der Waals surface area contributed by atoms with Gasteiger partial charge in [-0.15, -0.1) is 0 Å². The lowest BCUT2D eigenvalue weighted by Gasteiger charge is -2.08. The number of halogens is 1. The molecule has 0 radical (unpaired) electrons. The fraction of sp³-hybridized carbons (Fsp3) is 0.231. The van der Waals surface area contributed by atoms with Gasteiger partial charge in [-0.2, -0.15) is 0 Å². The Bertz CT molecular complexity index is 577. The number of rotatable bonds is 4. The topological polar surface area (TPSA) is 60.9 Å². The first-order chi connectivity index (χ1) is 8.65. The van der Waals surface area contributed by atoms with E-state index in [0.717, 1.165) is 13.0 Å². The van der Waals surface area contributed by atoms with Gasteiger partial charge in [0.1, 0.15) is 0 Å². The molecule has 5 heteroatoms. The number of imidazole rings is 1. The van der Waals surface area contributed by atoms with Gasteiger partial charge in [0.05, 0.1) is 4.47 Å². The van der Waals surface area contributed by atoms with Gasteiger partial charge < -0.3 is 10.3 Å². The third-order valence-electron chi connectivity index (χ3n) is 2.66. The SMILES string of the molecule is CCCn1ccnc1C(=O)c1cccc(N)c1Br. The van der Waals surface area contributed by atoms with E-state index in [2.05, 4.69) is 27.8 Å². The third kappa shape index (κ3) is 2.31. The summed E-state index contributed by atoms with van der Waals surface area (Å²) in [7, 11) is 0. The first-order valence-corrected chi connectivity index (χ1v) is 6.54. The molecule has 2 N–H and O–H groups in total. The molecule has 0 fully saturated rings. The van der Waals surface area contributed by atoms with Crippen LogP contribution in [0.2, 0.25) is 0 Å². The first kappa shape index (κ1) is 12.8. The van der Waals surface area contributed by atoms with Crippen LogP contribution in [0.3, 0.4) is 0 Å². The van der Waals surface area contributed by atoms with Crippen LogP contribution in [-0.4, -0.2) is 15.3 Å². The van der Waals surface area contributed by atoms with Crippen molar-refractivity contribution < 1.29 is 4.79 Å². The number of aryl methyl sites for hydroxylation is 1. The average Bonchev–Trinajstić information content (AvgIpc) is 2.80. The van der Waals surface area contributed by atoms with Crippen molar-refractivity contribution in [1.82, 2.24) is 9.55 Å². The molecule has 4 nitrogen and oxygen atoms in total. The molecule has 1 heterocycles. The number of aromatic nitrogens is 2. The zero-order valence-electron chi connectivity index (χ0n) is 10.1. The molecule has 0 spiro atoms. The van der Waals surface area contributed by atoms with Crippen LogP contribution in [0.5, 0.6) is 0 Å². The number of nitrogens with zero attached hydrogens (tertiary/aromatic N) is 2. The molecule has 1 aromatic heterocycles. The summed E-state index contributed by atoms with van der Waals surface area (Å²) >= 11 is 3.35. The molecular weight excluding hydrogens is 294 g/mol. The molecule has 2 rings (SSSR count). The van der Waals surface area contributed by atoms with Crippen LogP contribution < -0.4 is 5.73 Å². The van der Waals surface area contributed by atoms with Crippen LogP contribution in [0.1, 0.15) is 29.5 Å². The van der Waals surface area contributed by atoms with Crippen LogP contribution in [0.25, 0.3) is 0 Å². The van der Waals surface area contributed by atoms with Gasteiger partial charge in [-0.3, -0.25) is 4.79 Å². The lowest BCUT2D eigenvalue weighted by molar-refractivity contribution is 0.102. The molecule has 0 amide bonds. The zero-order chi connectivity index (χ0) is 13.1. The van der Waals surface area contributed by atoms with Gasteiger partial charge in [-0.05, 0) is 34.5 Å². The molecule has 94 valence electrons. The number of nitrogen functional groups attached to an aromatic ring is 1. The van der Waals surface area contributed by atoms with E-state index in [1.807, 2.05) is 10.8 Å². The Balaban J connectivity index is 2.42. The summed E-state index contributed by atoms with van der Waals surface area (Å²) in [5.41, 5.74) is 6.87. The predicted molar refractivity (Wildman–Crippen MR) is 74.5 cm³/mol. The highest BCUT2D eigenvalue weighted by Gasteiger charge is 2.18. The van der Waals surface area contributed by atoms with Crippen LogP contribution in [0.15, 0.2) is 35.1 Å². The Hall–Kier alpha value is -1.62. The molecule has 0 saturated carbocycles. The second-order valence-corrected chi connectivity index (χ2v) is 4.78. The molecule has 0 bridgehead atoms. The molecule has 0 saturated heterocycles. The summed E-state index contributed by atoms with van der Waals surface area (Å²) in [6.07, 6.45) is 4.41. The molecule has 0 atom stereocenters. The number of anilines is 1. The Kier molecular flexibility index (Phi) is 3.81. The molecule has 0 aliphatic heterocycles. The van der Waals surface area contributed by atoms with Gasteiger partial charge in [0.25, 0.3) is 0 Å². The number of hydrogen-bond donors (Lipinski definition) is 1. The number of carbonyl (C=O) groups is 1. The second kappa shape index (κ2) is 5.35. The monoisotopic (exact) mass is 307 g/mol. The van der Waals surface area contributed by atoms with Crippen LogP contribution in [-0.2, 0) is 6.54 Å². The van der Waals surface area contributed by atoms with Gasteiger partial charge in [-0.1, -0.05) is 13.0 Å². The van der Waals surface area contributed by atoms with Crippen molar-refractivity contribution in [3.05, 3.63) is 46.5 Å². The molecule has 2 aromatic rings. The van der Waals surface area contributed by atoms with E-state index < -0.39 is 0 Å². The minimum atomic E-state index is -0.118. The van der Waals surface area contributed by atoms with Crippen LogP contribution >= 0.6 is 15.9 Å². The van der Waals surface area contributed by atoms with Crippen LogP contribution in [0.4, 0.5) is 5.69 Å². The summed E-state index contributed by atoms with van der Waals surface area (Å²) in [5.74, 6) is 0.329. The Morgan fingerprint density at radius 2 is 2.28 bits per heavy atom. The molecule has 18 heavy (non-hydrogen) atoms. The normalized spacial score (nSPS) is 10.6. The third-order valence-corrected chi connectivity index (χ3v) is 3.54. The van der Waals surface area contributed by atoms with Gasteiger partial charge in [0.2, 0.25) is 5.78 Å². The van der Waals surface area contributed by atoms with E-state index in [1.54, 1.807) is 24.4 Å². The van der Waals surface area contributed by atoms with Gasteiger partial charge in [0.15, 0.2) is 5.82 Å². The smallest absolute Gasteiger partial charge is 0.229 e. The summed E-state index contributed by atoms with van der Waals surface area (Å²) in [4.78, 5) is 16.5. The fourth-order valence-electron chi connectivity index (χ4n) is 1.79. The number of hydrogen-bond acceptors (Lipinski definition) is 3. The van der Waals surface area contributed by atoms with E-state index in [4.69, 9.17) is 5.73 Å². The predicted octanol–water partition coefficient (Wildman–Crippen LogP) is 2.87. The Labute approximate surface area is 114 Å². The zero-order valence-corrected chi connectivity index (χ0v) is 11.6. The maximum Gasteiger partial charge on any atom is 0.229 e. The molecule has 0 aliphatic rings. The number of benzene rings is 1. The van der Waals surface area contributed by atoms with E-state index in [0.29, 0.717) is 21.5 Å². The van der Waals surface area contributed by atoms with E-state index in [9.17, 15) is 4.79 Å². The van der Waals surface area contributed by atoms with Gasteiger partial charge >= 0.3 is 0 Å². The van der Waals surface area contributed by atoms with E-state index >= 15 is 0 Å². The lowest BCUT2D eigenvalue weighted by atomic mass is 10.1. The van der Waals surface area contributed by atoms with Crippen molar-refractivity contribution in [3.63, 3.8) is 0 Å². The summed E-state index contributed by atoms with van der Waals surface area (Å²) in [6, 6.07) is 5.26. The highest BCUT2D eigenvalue weighted by Crippen LogP contribution is 2.25. The lowest BCUT2D eigenvalue weighted by Crippen LogP contribution is -2.12. The van der Waals surface area contributed by atoms with Crippen LogP contribution in [0, 0.1) is 0 Å². The summed E-state index contributed by atoms with van der Waals surface area (Å²) in [5, 5.41) is 0. The van der Waals surface area contributed by atoms with Crippen molar-refractivity contribution in [2.24, 2.45) is 0 Å². The minimum Gasteiger partial charge on any atom is -0.398 e. The molecule has 0 unspecified atom stereocenters. The molecule has 1 aromatic carbocycles. The minimum absolute atomic E-state index is 0.118. The van der Waals surface area contributed by atoms with Crippen molar-refractivity contribution in [1.29, 1.82) is 0 Å². The maximum absolute atomic E-state index is 12.4. The summed E-state index contributed by atoms with van der Waals surface area (Å²) in [6.45, 7) is 2.84. The number of nitrogens with two attached hydrogens (primary N) is 1. The second-order valence-electron chi connectivity index (χ2n) is 3.98. The highest BCUT2D eigenvalue weighted by atomic mass is 79.9. The standard InChI is InChI=1S/C13H14BrN3O/c1-2-7-17-8-6-16-13(17)12(18)9-4-3-5-10(15)11(9)14/h3-6,8H,2,7,15H2,1H3. The highest BCUT2D eigenvalue weighted by molar-refractivity contribution is 9.10. The van der Waals surface area contributed by atoms with E-state index in [-0.39, 0.29) is 5.78 Å². The van der Waals surface area contributed by atoms with Gasteiger partial charge in [0, 0.05) is 30.2 Å². The quantitative estimate of drug-likeness (QED) is 0.698. The van der Waals surface area contributed by atoms with Crippen molar-refractivity contribution in [2.45, 2.75) is 19.9 Å². The Morgan fingerprint density at radius 1 is 1.50 bits per heavy atom. The van der Waals surface area contributed by atoms with Crippen molar-refractivity contribution >= 4 is 27.4 Å². The fourth-order valence-corrected chi connectivity index (χ4v) is 2.23. The maximum atomic E-state index is 12.4. The van der Waals surface area contributed by atoms with E-state index in [1.165, 1.54) is 0 Å². The van der Waals surface area contributed by atoms with Gasteiger partial charge in [-0.25, -0.2) is 4.98 Å². The van der Waals surface area contributed by atoms with Crippen molar-refractivity contribution in [3.8, 4) is 0 Å². The average molecular weight is 308 g/mol. The number of ketones is 1. The largest absolute Gasteiger partial charge is 0.398 e. The Morgan fingerprint density at radius 3 is 3.00 bits per heavy atom. The summed E-state index contributed by atoms with van der Waals surface area (Å²) < 4.78 is 2.49. The number of carbonyl (C=O) groups excluding carboxylic acids is 1.